The van der Waals surface area contributed by atoms with E-state index in [1.165, 1.54) is 19.3 Å². The molecular formula is C22H31N3O2. The van der Waals surface area contributed by atoms with Gasteiger partial charge >= 0.3 is 0 Å². The summed E-state index contributed by atoms with van der Waals surface area (Å²) in [6.07, 6.45) is 8.06. The molecule has 3 rings (SSSR count). The molecule has 5 heteroatoms. The first-order chi connectivity index (χ1) is 13.1. The Morgan fingerprint density at radius 1 is 1.22 bits per heavy atom. The Hall–Kier alpha value is -2.14. The smallest absolute Gasteiger partial charge is 0.222 e. The van der Waals surface area contributed by atoms with Gasteiger partial charge in [-0.3, -0.25) is 4.79 Å². The van der Waals surface area contributed by atoms with E-state index >= 15 is 0 Å². The van der Waals surface area contributed by atoms with Crippen molar-refractivity contribution in [2.45, 2.75) is 51.4 Å². The third kappa shape index (κ3) is 5.19. The highest BCUT2D eigenvalue weighted by molar-refractivity contribution is 5.76. The summed E-state index contributed by atoms with van der Waals surface area (Å²) in [5, 5.41) is 4.15. The Kier molecular flexibility index (Phi) is 6.67. The average molecular weight is 370 g/mol. The highest BCUT2D eigenvalue weighted by Crippen LogP contribution is 2.38. The number of hydrogen-bond donors (Lipinski definition) is 1. The summed E-state index contributed by atoms with van der Waals surface area (Å²) in [6, 6.07) is 12.0. The van der Waals surface area contributed by atoms with E-state index in [0.717, 1.165) is 49.2 Å². The Morgan fingerprint density at radius 2 is 1.96 bits per heavy atom. The van der Waals surface area contributed by atoms with Gasteiger partial charge < -0.3 is 15.2 Å². The second-order valence-corrected chi connectivity index (χ2v) is 7.90. The predicted octanol–water partition coefficient (Wildman–Crippen LogP) is 4.03. The monoisotopic (exact) mass is 369 g/mol. The quantitative estimate of drug-likeness (QED) is 0.762. The number of aryl methyl sites for hydroxylation is 1. The summed E-state index contributed by atoms with van der Waals surface area (Å²) in [4.78, 5) is 14.5. The molecule has 1 amide bonds. The lowest BCUT2D eigenvalue weighted by atomic mass is 9.71. The van der Waals surface area contributed by atoms with Crippen LogP contribution in [0.2, 0.25) is 0 Å². The zero-order chi connectivity index (χ0) is 19.1. The summed E-state index contributed by atoms with van der Waals surface area (Å²) in [5.74, 6) is 1.07. The number of aromatic nitrogens is 1. The van der Waals surface area contributed by atoms with E-state index in [4.69, 9.17) is 10.3 Å². The van der Waals surface area contributed by atoms with Crippen molar-refractivity contribution in [2.75, 3.05) is 20.1 Å². The van der Waals surface area contributed by atoms with Gasteiger partial charge in [0.1, 0.15) is 11.5 Å². The van der Waals surface area contributed by atoms with E-state index in [0.29, 0.717) is 13.0 Å². The molecule has 0 spiro atoms. The Morgan fingerprint density at radius 3 is 2.67 bits per heavy atom. The van der Waals surface area contributed by atoms with Crippen molar-refractivity contribution < 1.29 is 9.32 Å². The fourth-order valence-corrected chi connectivity index (χ4v) is 4.00. The zero-order valence-corrected chi connectivity index (χ0v) is 16.3. The highest BCUT2D eigenvalue weighted by atomic mass is 16.5. The molecule has 0 bridgehead atoms. The largest absolute Gasteiger partial charge is 0.361 e. The molecule has 1 heterocycles. The summed E-state index contributed by atoms with van der Waals surface area (Å²) in [7, 11) is 1.89. The van der Waals surface area contributed by atoms with Gasteiger partial charge in [-0.25, -0.2) is 0 Å². The lowest BCUT2D eigenvalue weighted by Gasteiger charge is -2.36. The van der Waals surface area contributed by atoms with Crippen LogP contribution in [0.5, 0.6) is 0 Å². The van der Waals surface area contributed by atoms with Crippen LogP contribution in [0, 0.1) is 5.41 Å². The molecule has 1 aromatic heterocycles. The predicted molar refractivity (Wildman–Crippen MR) is 107 cm³/mol. The molecule has 1 aliphatic carbocycles. The number of benzene rings is 1. The number of hydrogen-bond acceptors (Lipinski definition) is 4. The standard InChI is InChI=1S/C22H31N3O2/c1-25(21(26)16-22(17-23)12-6-3-7-13-22)14-8-11-19-15-20(24-27-19)18-9-4-2-5-10-18/h2,4-5,9-10,15H,3,6-8,11-14,16-17,23H2,1H3. The minimum Gasteiger partial charge on any atom is -0.361 e. The van der Waals surface area contributed by atoms with Crippen molar-refractivity contribution in [1.82, 2.24) is 10.1 Å². The van der Waals surface area contributed by atoms with Gasteiger partial charge in [0.05, 0.1) is 0 Å². The number of carbonyl (C=O) groups is 1. The molecule has 0 aliphatic heterocycles. The molecule has 1 saturated carbocycles. The molecule has 146 valence electrons. The summed E-state index contributed by atoms with van der Waals surface area (Å²) in [6.45, 7) is 1.34. The van der Waals surface area contributed by atoms with Crippen LogP contribution in [-0.4, -0.2) is 36.1 Å². The SMILES string of the molecule is CN(CCCc1cc(-c2ccccc2)no1)C(=O)CC1(CN)CCCCC1. The van der Waals surface area contributed by atoms with Gasteiger partial charge in [-0.2, -0.15) is 0 Å². The number of rotatable bonds is 8. The minimum atomic E-state index is 0.0269. The van der Waals surface area contributed by atoms with Crippen molar-refractivity contribution in [3.63, 3.8) is 0 Å². The summed E-state index contributed by atoms with van der Waals surface area (Å²) in [5.41, 5.74) is 7.96. The van der Waals surface area contributed by atoms with Gasteiger partial charge in [0, 0.05) is 38.1 Å². The van der Waals surface area contributed by atoms with Crippen LogP contribution >= 0.6 is 0 Å². The summed E-state index contributed by atoms with van der Waals surface area (Å²) >= 11 is 0. The minimum absolute atomic E-state index is 0.0269. The Bertz CT molecular complexity index is 720. The van der Waals surface area contributed by atoms with Gasteiger partial charge in [-0.05, 0) is 31.2 Å². The molecule has 27 heavy (non-hydrogen) atoms. The second kappa shape index (κ2) is 9.18. The fourth-order valence-electron chi connectivity index (χ4n) is 4.00. The molecule has 2 aromatic rings. The van der Waals surface area contributed by atoms with Crippen LogP contribution in [0.1, 0.15) is 50.7 Å². The maximum Gasteiger partial charge on any atom is 0.222 e. The average Bonchev–Trinajstić information content (AvgIpc) is 3.18. The van der Waals surface area contributed by atoms with Crippen LogP contribution in [0.25, 0.3) is 11.3 Å². The van der Waals surface area contributed by atoms with Crippen LogP contribution in [0.15, 0.2) is 40.9 Å². The first-order valence-corrected chi connectivity index (χ1v) is 10.1. The van der Waals surface area contributed by atoms with Crippen LogP contribution in [0.4, 0.5) is 0 Å². The van der Waals surface area contributed by atoms with Gasteiger partial charge in [-0.1, -0.05) is 54.8 Å². The van der Waals surface area contributed by atoms with Gasteiger partial charge in [0.2, 0.25) is 5.91 Å². The van der Waals surface area contributed by atoms with E-state index in [1.807, 2.05) is 48.3 Å². The first-order valence-electron chi connectivity index (χ1n) is 10.1. The molecule has 2 N–H and O–H groups in total. The number of nitrogens with two attached hydrogens (primary N) is 1. The molecule has 0 unspecified atom stereocenters. The van der Waals surface area contributed by atoms with E-state index in [-0.39, 0.29) is 11.3 Å². The van der Waals surface area contributed by atoms with Crippen LogP contribution in [-0.2, 0) is 11.2 Å². The van der Waals surface area contributed by atoms with Gasteiger partial charge in [0.25, 0.3) is 0 Å². The third-order valence-corrected chi connectivity index (χ3v) is 5.84. The van der Waals surface area contributed by atoms with Crippen molar-refractivity contribution >= 4 is 5.91 Å². The van der Waals surface area contributed by atoms with Crippen molar-refractivity contribution in [2.24, 2.45) is 11.1 Å². The van der Waals surface area contributed by atoms with Crippen molar-refractivity contribution in [3.05, 3.63) is 42.2 Å². The lowest BCUT2D eigenvalue weighted by Crippen LogP contribution is -2.39. The van der Waals surface area contributed by atoms with Crippen LogP contribution in [0.3, 0.4) is 0 Å². The van der Waals surface area contributed by atoms with Crippen molar-refractivity contribution in [1.29, 1.82) is 0 Å². The zero-order valence-electron chi connectivity index (χ0n) is 16.3. The Labute approximate surface area is 161 Å². The molecule has 1 aromatic carbocycles. The molecule has 1 fully saturated rings. The van der Waals surface area contributed by atoms with Crippen molar-refractivity contribution in [3.8, 4) is 11.3 Å². The topological polar surface area (TPSA) is 72.4 Å². The maximum absolute atomic E-state index is 12.6. The number of nitrogens with zero attached hydrogens (tertiary/aromatic N) is 2. The van der Waals surface area contributed by atoms with Crippen LogP contribution < -0.4 is 5.73 Å². The van der Waals surface area contributed by atoms with Gasteiger partial charge in [0.15, 0.2) is 0 Å². The summed E-state index contributed by atoms with van der Waals surface area (Å²) < 4.78 is 5.45. The second-order valence-electron chi connectivity index (χ2n) is 7.90. The molecule has 0 radical (unpaired) electrons. The molecule has 5 nitrogen and oxygen atoms in total. The molecular weight excluding hydrogens is 338 g/mol. The highest BCUT2D eigenvalue weighted by Gasteiger charge is 2.33. The lowest BCUT2D eigenvalue weighted by molar-refractivity contribution is -0.133. The number of amides is 1. The van der Waals surface area contributed by atoms with E-state index in [2.05, 4.69) is 5.16 Å². The van der Waals surface area contributed by atoms with E-state index in [1.54, 1.807) is 0 Å². The third-order valence-electron chi connectivity index (χ3n) is 5.84. The molecule has 0 saturated heterocycles. The maximum atomic E-state index is 12.6. The van der Waals surface area contributed by atoms with Gasteiger partial charge in [-0.15, -0.1) is 0 Å². The molecule has 1 aliphatic rings. The number of carbonyl (C=O) groups excluding carboxylic acids is 1. The Balaban J connectivity index is 1.46. The normalized spacial score (nSPS) is 16.2. The fraction of sp³-hybridized carbons (Fsp3) is 0.545. The van der Waals surface area contributed by atoms with E-state index in [9.17, 15) is 4.79 Å². The van der Waals surface area contributed by atoms with E-state index < -0.39 is 0 Å². The first kappa shape index (κ1) is 19.6. The molecule has 0 atom stereocenters.